The van der Waals surface area contributed by atoms with Gasteiger partial charge >= 0.3 is 0 Å². The van der Waals surface area contributed by atoms with Gasteiger partial charge in [-0.2, -0.15) is 0 Å². The number of aryl methyl sites for hydroxylation is 3. The van der Waals surface area contributed by atoms with Gasteiger partial charge in [-0.3, -0.25) is 4.79 Å². The van der Waals surface area contributed by atoms with Crippen molar-refractivity contribution in [2.24, 2.45) is 0 Å². The average Bonchev–Trinajstić information content (AvgIpc) is 2.94. The van der Waals surface area contributed by atoms with Gasteiger partial charge in [-0.1, -0.05) is 37.0 Å². The summed E-state index contributed by atoms with van der Waals surface area (Å²) in [5, 5.41) is 0. The third-order valence-corrected chi connectivity index (χ3v) is 8.88. The molecule has 1 aromatic rings. The molecule has 3 rings (SSSR count). The lowest BCUT2D eigenvalue weighted by Crippen LogP contribution is -2.49. The van der Waals surface area contributed by atoms with Crippen molar-refractivity contribution in [3.63, 3.8) is 0 Å². The molecule has 4 nitrogen and oxygen atoms in total. The number of amides is 1. The molecule has 1 atom stereocenters. The highest BCUT2D eigenvalue weighted by Crippen LogP contribution is 2.31. The maximum atomic E-state index is 13.2. The van der Waals surface area contributed by atoms with E-state index in [0.717, 1.165) is 25.7 Å². The molecule has 1 saturated heterocycles. The summed E-state index contributed by atoms with van der Waals surface area (Å²) in [7, 11) is -3.00. The molecule has 0 radical (unpaired) electrons. The normalized spacial score (nSPS) is 22.7. The Balaban J connectivity index is 1.75. The SMILES string of the molecule is Cc1cc(C)c(SCC(=O)N(C2CCCCC2)C2CCS(=O)(=O)C2)c(C)c1. The van der Waals surface area contributed by atoms with Gasteiger partial charge in [0.05, 0.1) is 17.3 Å². The summed E-state index contributed by atoms with van der Waals surface area (Å²) < 4.78 is 24.0. The highest BCUT2D eigenvalue weighted by molar-refractivity contribution is 8.00. The van der Waals surface area contributed by atoms with Crippen LogP contribution in [0.25, 0.3) is 0 Å². The molecule has 1 aliphatic heterocycles. The summed E-state index contributed by atoms with van der Waals surface area (Å²) in [6, 6.07) is 4.39. The van der Waals surface area contributed by atoms with E-state index in [1.807, 2.05) is 4.90 Å². The highest BCUT2D eigenvalue weighted by Gasteiger charge is 2.38. The van der Waals surface area contributed by atoms with Crippen molar-refractivity contribution >= 4 is 27.5 Å². The molecule has 1 unspecified atom stereocenters. The molecular formula is C21H31NO3S2. The zero-order chi connectivity index (χ0) is 19.6. The number of sulfone groups is 1. The number of nitrogens with zero attached hydrogens (tertiary/aromatic N) is 1. The van der Waals surface area contributed by atoms with Crippen LogP contribution in [0, 0.1) is 20.8 Å². The molecule has 27 heavy (non-hydrogen) atoms. The molecule has 6 heteroatoms. The molecule has 1 aromatic carbocycles. The van der Waals surface area contributed by atoms with Crippen LogP contribution in [-0.2, 0) is 14.6 Å². The van der Waals surface area contributed by atoms with Crippen molar-refractivity contribution in [3.8, 4) is 0 Å². The molecule has 2 aliphatic rings. The van der Waals surface area contributed by atoms with Gasteiger partial charge in [-0.05, 0) is 51.2 Å². The number of rotatable bonds is 5. The smallest absolute Gasteiger partial charge is 0.233 e. The monoisotopic (exact) mass is 409 g/mol. The molecule has 0 spiro atoms. The van der Waals surface area contributed by atoms with Crippen molar-refractivity contribution < 1.29 is 13.2 Å². The van der Waals surface area contributed by atoms with Gasteiger partial charge < -0.3 is 4.90 Å². The summed E-state index contributed by atoms with van der Waals surface area (Å²) >= 11 is 1.60. The fourth-order valence-corrected chi connectivity index (χ4v) is 7.36. The summed E-state index contributed by atoms with van der Waals surface area (Å²) in [6.45, 7) is 6.27. The first-order chi connectivity index (χ1) is 12.8. The first-order valence-electron chi connectivity index (χ1n) is 9.99. The molecule has 150 valence electrons. The lowest BCUT2D eigenvalue weighted by molar-refractivity contribution is -0.133. The number of thioether (sulfide) groups is 1. The Bertz CT molecular complexity index is 775. The quantitative estimate of drug-likeness (QED) is 0.689. The van der Waals surface area contributed by atoms with Gasteiger partial charge in [-0.25, -0.2) is 8.42 Å². The van der Waals surface area contributed by atoms with E-state index in [0.29, 0.717) is 12.2 Å². The van der Waals surface area contributed by atoms with Crippen LogP contribution >= 0.6 is 11.8 Å². The number of carbonyl (C=O) groups excluding carboxylic acids is 1. The predicted molar refractivity (Wildman–Crippen MR) is 112 cm³/mol. The van der Waals surface area contributed by atoms with Crippen LogP contribution in [0.5, 0.6) is 0 Å². The molecule has 0 N–H and O–H groups in total. The van der Waals surface area contributed by atoms with E-state index in [1.165, 1.54) is 28.0 Å². The zero-order valence-corrected chi connectivity index (χ0v) is 18.3. The van der Waals surface area contributed by atoms with Gasteiger partial charge in [0, 0.05) is 17.0 Å². The van der Waals surface area contributed by atoms with Gasteiger partial charge in [-0.15, -0.1) is 11.8 Å². The first-order valence-corrected chi connectivity index (χ1v) is 12.8. The Hall–Kier alpha value is -1.01. The van der Waals surface area contributed by atoms with E-state index in [9.17, 15) is 13.2 Å². The molecule has 0 bridgehead atoms. The molecule has 1 heterocycles. The van der Waals surface area contributed by atoms with Gasteiger partial charge in [0.2, 0.25) is 5.91 Å². The zero-order valence-electron chi connectivity index (χ0n) is 16.7. The van der Waals surface area contributed by atoms with Crippen LogP contribution in [-0.4, -0.2) is 48.6 Å². The summed E-state index contributed by atoms with van der Waals surface area (Å²) in [6.07, 6.45) is 6.11. The summed E-state index contributed by atoms with van der Waals surface area (Å²) in [5.41, 5.74) is 3.65. The van der Waals surface area contributed by atoms with Crippen molar-refractivity contribution in [1.29, 1.82) is 0 Å². The second-order valence-electron chi connectivity index (χ2n) is 8.17. The number of carbonyl (C=O) groups is 1. The Labute approximate surface area is 168 Å². The minimum atomic E-state index is -3.00. The van der Waals surface area contributed by atoms with Crippen LogP contribution in [0.3, 0.4) is 0 Å². The third-order valence-electron chi connectivity index (χ3n) is 5.80. The number of benzene rings is 1. The molecule has 0 aromatic heterocycles. The van der Waals surface area contributed by atoms with E-state index in [2.05, 4.69) is 32.9 Å². The van der Waals surface area contributed by atoms with E-state index >= 15 is 0 Å². The predicted octanol–water partition coefficient (Wildman–Crippen LogP) is 4.05. The van der Waals surface area contributed by atoms with Crippen LogP contribution in [0.2, 0.25) is 0 Å². The minimum absolute atomic E-state index is 0.105. The van der Waals surface area contributed by atoms with E-state index in [1.54, 1.807) is 11.8 Å². The van der Waals surface area contributed by atoms with Crippen LogP contribution < -0.4 is 0 Å². The third kappa shape index (κ3) is 5.08. The lowest BCUT2D eigenvalue weighted by Gasteiger charge is -2.38. The molecule has 1 aliphatic carbocycles. The van der Waals surface area contributed by atoms with Crippen LogP contribution in [0.4, 0.5) is 0 Å². The van der Waals surface area contributed by atoms with E-state index < -0.39 is 9.84 Å². The Kier molecular flexibility index (Phi) is 6.57. The van der Waals surface area contributed by atoms with Crippen molar-refractivity contribution in [2.45, 2.75) is 76.3 Å². The Morgan fingerprint density at radius 1 is 1.04 bits per heavy atom. The van der Waals surface area contributed by atoms with Gasteiger partial charge in [0.15, 0.2) is 9.84 Å². The molecule has 1 saturated carbocycles. The van der Waals surface area contributed by atoms with Crippen molar-refractivity contribution in [1.82, 2.24) is 4.90 Å². The Morgan fingerprint density at radius 3 is 2.22 bits per heavy atom. The molecular weight excluding hydrogens is 378 g/mol. The lowest BCUT2D eigenvalue weighted by atomic mass is 9.93. The Morgan fingerprint density at radius 2 is 1.67 bits per heavy atom. The second kappa shape index (κ2) is 8.56. The highest BCUT2D eigenvalue weighted by atomic mass is 32.2. The standard InChI is InChI=1S/C21H31NO3S2/c1-15-11-16(2)21(17(3)12-15)26-13-20(23)22(18-7-5-4-6-8-18)19-9-10-27(24,25)14-19/h11-12,18-19H,4-10,13-14H2,1-3H3. The fraction of sp³-hybridized carbons (Fsp3) is 0.667. The molecule has 2 fully saturated rings. The average molecular weight is 410 g/mol. The summed E-state index contributed by atoms with van der Waals surface area (Å²) in [5.74, 6) is 0.853. The summed E-state index contributed by atoms with van der Waals surface area (Å²) in [4.78, 5) is 16.4. The van der Waals surface area contributed by atoms with Crippen LogP contribution in [0.15, 0.2) is 17.0 Å². The van der Waals surface area contributed by atoms with Gasteiger partial charge in [0.25, 0.3) is 0 Å². The topological polar surface area (TPSA) is 54.5 Å². The maximum absolute atomic E-state index is 13.2. The number of hydrogen-bond acceptors (Lipinski definition) is 4. The molecule has 1 amide bonds. The van der Waals surface area contributed by atoms with Crippen molar-refractivity contribution in [2.75, 3.05) is 17.3 Å². The second-order valence-corrected chi connectivity index (χ2v) is 11.4. The first kappa shape index (κ1) is 20.7. The fourth-order valence-electron chi connectivity index (χ4n) is 4.66. The van der Waals surface area contributed by atoms with Crippen molar-refractivity contribution in [3.05, 3.63) is 28.8 Å². The van der Waals surface area contributed by atoms with Crippen LogP contribution in [0.1, 0.15) is 55.2 Å². The van der Waals surface area contributed by atoms with E-state index in [-0.39, 0.29) is 29.5 Å². The largest absolute Gasteiger partial charge is 0.335 e. The minimum Gasteiger partial charge on any atom is -0.335 e. The van der Waals surface area contributed by atoms with Gasteiger partial charge in [0.1, 0.15) is 0 Å². The maximum Gasteiger partial charge on any atom is 0.233 e. The number of hydrogen-bond donors (Lipinski definition) is 0. The van der Waals surface area contributed by atoms with E-state index in [4.69, 9.17) is 0 Å².